The van der Waals surface area contributed by atoms with Crippen LogP contribution in [0.2, 0.25) is 0 Å². The highest BCUT2D eigenvalue weighted by molar-refractivity contribution is 6.05. The van der Waals surface area contributed by atoms with E-state index in [2.05, 4.69) is 4.98 Å². The summed E-state index contributed by atoms with van der Waals surface area (Å²) in [5, 5.41) is 1.94. The predicted molar refractivity (Wildman–Crippen MR) is 91.6 cm³/mol. The molecule has 1 aromatic carbocycles. The SMILES string of the molecule is O=C(c1nccc2ccccc12)N1CCC(N2CCCC2=O)CC1. The number of rotatable bonds is 2. The normalized spacial score (nSPS) is 19.2. The van der Waals surface area contributed by atoms with Gasteiger partial charge in [-0.15, -0.1) is 0 Å². The molecule has 24 heavy (non-hydrogen) atoms. The number of hydrogen-bond acceptors (Lipinski definition) is 3. The van der Waals surface area contributed by atoms with Crippen molar-refractivity contribution >= 4 is 22.6 Å². The molecule has 5 heteroatoms. The molecule has 0 N–H and O–H groups in total. The molecule has 3 heterocycles. The fraction of sp³-hybridized carbons (Fsp3) is 0.421. The van der Waals surface area contributed by atoms with E-state index in [4.69, 9.17) is 0 Å². The Bertz CT molecular complexity index is 776. The first-order valence-electron chi connectivity index (χ1n) is 8.66. The van der Waals surface area contributed by atoms with Gasteiger partial charge in [0.25, 0.3) is 5.91 Å². The van der Waals surface area contributed by atoms with Gasteiger partial charge in [0.05, 0.1) is 0 Å². The Hall–Kier alpha value is -2.43. The summed E-state index contributed by atoms with van der Waals surface area (Å²) in [4.78, 5) is 33.0. The van der Waals surface area contributed by atoms with Gasteiger partial charge in [-0.1, -0.05) is 24.3 Å². The van der Waals surface area contributed by atoms with E-state index in [1.807, 2.05) is 40.1 Å². The summed E-state index contributed by atoms with van der Waals surface area (Å²) < 4.78 is 0. The van der Waals surface area contributed by atoms with Crippen molar-refractivity contribution in [3.8, 4) is 0 Å². The molecule has 0 saturated carbocycles. The molecule has 2 fully saturated rings. The minimum atomic E-state index is -0.00185. The molecule has 0 unspecified atom stereocenters. The van der Waals surface area contributed by atoms with Crippen LogP contribution in [0.25, 0.3) is 10.8 Å². The van der Waals surface area contributed by atoms with Crippen LogP contribution in [0.3, 0.4) is 0 Å². The third-order valence-electron chi connectivity index (χ3n) is 5.18. The third-order valence-corrected chi connectivity index (χ3v) is 5.18. The Morgan fingerprint density at radius 3 is 2.62 bits per heavy atom. The van der Waals surface area contributed by atoms with Crippen molar-refractivity contribution in [2.45, 2.75) is 31.7 Å². The standard InChI is InChI=1S/C19H21N3O2/c23-17-6-3-11-22(17)15-8-12-21(13-9-15)19(24)18-16-5-2-1-4-14(16)7-10-20-18/h1-2,4-5,7,10,15H,3,6,8-9,11-13H2. The van der Waals surface area contributed by atoms with E-state index < -0.39 is 0 Å². The van der Waals surface area contributed by atoms with Gasteiger partial charge in [0.2, 0.25) is 5.91 Å². The van der Waals surface area contributed by atoms with Gasteiger partial charge in [-0.25, -0.2) is 0 Å². The van der Waals surface area contributed by atoms with Crippen molar-refractivity contribution in [1.82, 2.24) is 14.8 Å². The zero-order valence-electron chi connectivity index (χ0n) is 13.6. The van der Waals surface area contributed by atoms with Crippen LogP contribution in [-0.2, 0) is 4.79 Å². The van der Waals surface area contributed by atoms with Crippen LogP contribution in [0.4, 0.5) is 0 Å². The number of carbonyl (C=O) groups excluding carboxylic acids is 2. The van der Waals surface area contributed by atoms with Gasteiger partial charge in [0, 0.05) is 43.7 Å². The number of benzene rings is 1. The van der Waals surface area contributed by atoms with Gasteiger partial charge in [0.15, 0.2) is 0 Å². The van der Waals surface area contributed by atoms with Gasteiger partial charge in [-0.05, 0) is 30.7 Å². The Labute approximate surface area is 141 Å². The predicted octanol–water partition coefficient (Wildman–Crippen LogP) is 2.46. The van der Waals surface area contributed by atoms with E-state index in [-0.39, 0.29) is 11.8 Å². The van der Waals surface area contributed by atoms with Crippen LogP contribution in [0.1, 0.15) is 36.2 Å². The molecule has 5 nitrogen and oxygen atoms in total. The van der Waals surface area contributed by atoms with E-state index in [1.165, 1.54) is 0 Å². The minimum Gasteiger partial charge on any atom is -0.340 e. The molecule has 0 atom stereocenters. The Morgan fingerprint density at radius 1 is 1.08 bits per heavy atom. The van der Waals surface area contributed by atoms with Crippen LogP contribution in [0, 0.1) is 0 Å². The molecule has 2 aromatic rings. The summed E-state index contributed by atoms with van der Waals surface area (Å²) in [6, 6.07) is 10.1. The zero-order chi connectivity index (χ0) is 16.5. The second-order valence-electron chi connectivity index (χ2n) is 6.59. The fourth-order valence-corrected chi connectivity index (χ4v) is 3.88. The molecule has 0 spiro atoms. The van der Waals surface area contributed by atoms with Crippen LogP contribution >= 0.6 is 0 Å². The number of piperidine rings is 1. The number of fused-ring (bicyclic) bond motifs is 1. The zero-order valence-corrected chi connectivity index (χ0v) is 13.6. The summed E-state index contributed by atoms with van der Waals surface area (Å²) in [7, 11) is 0. The van der Waals surface area contributed by atoms with Crippen LogP contribution in [0.15, 0.2) is 36.5 Å². The smallest absolute Gasteiger partial charge is 0.273 e. The average molecular weight is 323 g/mol. The lowest BCUT2D eigenvalue weighted by Gasteiger charge is -2.36. The van der Waals surface area contributed by atoms with Gasteiger partial charge in [-0.2, -0.15) is 0 Å². The molecule has 2 aliphatic rings. The first-order valence-corrected chi connectivity index (χ1v) is 8.66. The maximum absolute atomic E-state index is 12.9. The lowest BCUT2D eigenvalue weighted by Crippen LogP contribution is -2.47. The highest BCUT2D eigenvalue weighted by Gasteiger charge is 2.32. The lowest BCUT2D eigenvalue weighted by atomic mass is 10.0. The highest BCUT2D eigenvalue weighted by Crippen LogP contribution is 2.24. The van der Waals surface area contributed by atoms with Crippen molar-refractivity contribution in [3.63, 3.8) is 0 Å². The summed E-state index contributed by atoms with van der Waals surface area (Å²) in [5.41, 5.74) is 0.531. The molecular weight excluding hydrogens is 302 g/mol. The summed E-state index contributed by atoms with van der Waals surface area (Å²) in [6.45, 7) is 2.26. The van der Waals surface area contributed by atoms with Crippen molar-refractivity contribution in [2.75, 3.05) is 19.6 Å². The summed E-state index contributed by atoms with van der Waals surface area (Å²) in [6.07, 6.45) is 5.08. The molecule has 4 rings (SSSR count). The van der Waals surface area contributed by atoms with Crippen molar-refractivity contribution in [2.24, 2.45) is 0 Å². The first-order chi connectivity index (χ1) is 11.7. The van der Waals surface area contributed by atoms with Gasteiger partial charge in [0.1, 0.15) is 5.69 Å². The van der Waals surface area contributed by atoms with E-state index in [1.54, 1.807) is 6.20 Å². The van der Waals surface area contributed by atoms with Crippen molar-refractivity contribution in [1.29, 1.82) is 0 Å². The van der Waals surface area contributed by atoms with E-state index in [9.17, 15) is 9.59 Å². The van der Waals surface area contributed by atoms with E-state index >= 15 is 0 Å². The quantitative estimate of drug-likeness (QED) is 0.853. The molecule has 2 saturated heterocycles. The number of pyridine rings is 1. The van der Waals surface area contributed by atoms with Crippen molar-refractivity contribution in [3.05, 3.63) is 42.2 Å². The number of hydrogen-bond donors (Lipinski definition) is 0. The molecule has 0 bridgehead atoms. The molecule has 2 amide bonds. The number of likely N-dealkylation sites (tertiary alicyclic amines) is 2. The molecule has 0 radical (unpaired) electrons. The Morgan fingerprint density at radius 2 is 1.88 bits per heavy atom. The van der Waals surface area contributed by atoms with Gasteiger partial charge < -0.3 is 9.80 Å². The van der Waals surface area contributed by atoms with Crippen LogP contribution in [0.5, 0.6) is 0 Å². The van der Waals surface area contributed by atoms with E-state index in [0.717, 1.165) is 36.6 Å². The molecule has 1 aromatic heterocycles. The monoisotopic (exact) mass is 323 g/mol. The fourth-order valence-electron chi connectivity index (χ4n) is 3.88. The number of aromatic nitrogens is 1. The lowest BCUT2D eigenvalue weighted by molar-refractivity contribution is -0.130. The highest BCUT2D eigenvalue weighted by atomic mass is 16.2. The molecular formula is C19H21N3O2. The number of nitrogens with zero attached hydrogens (tertiary/aromatic N) is 3. The van der Waals surface area contributed by atoms with Crippen LogP contribution in [-0.4, -0.2) is 52.3 Å². The minimum absolute atomic E-state index is 0.00185. The molecule has 2 aliphatic heterocycles. The Kier molecular flexibility index (Phi) is 3.92. The van der Waals surface area contributed by atoms with Crippen molar-refractivity contribution < 1.29 is 9.59 Å². The maximum Gasteiger partial charge on any atom is 0.273 e. The number of carbonyl (C=O) groups is 2. The maximum atomic E-state index is 12.9. The topological polar surface area (TPSA) is 53.5 Å². The van der Waals surface area contributed by atoms with Gasteiger partial charge >= 0.3 is 0 Å². The second-order valence-corrected chi connectivity index (χ2v) is 6.59. The van der Waals surface area contributed by atoms with E-state index in [0.29, 0.717) is 31.2 Å². The second kappa shape index (κ2) is 6.23. The number of amides is 2. The average Bonchev–Trinajstić information content (AvgIpc) is 3.07. The van der Waals surface area contributed by atoms with Crippen LogP contribution < -0.4 is 0 Å². The third kappa shape index (κ3) is 2.64. The summed E-state index contributed by atoms with van der Waals surface area (Å²) in [5.74, 6) is 0.272. The largest absolute Gasteiger partial charge is 0.340 e. The van der Waals surface area contributed by atoms with Gasteiger partial charge in [-0.3, -0.25) is 14.6 Å². The molecule has 0 aliphatic carbocycles. The first kappa shape index (κ1) is 15.1. The summed E-state index contributed by atoms with van der Waals surface area (Å²) >= 11 is 0. The Balaban J connectivity index is 1.49. The molecule has 124 valence electrons.